The molecule has 0 aliphatic heterocycles. The van der Waals surface area contributed by atoms with Gasteiger partial charge in [-0.1, -0.05) is 12.1 Å². The van der Waals surface area contributed by atoms with E-state index in [0.29, 0.717) is 6.61 Å². The predicted octanol–water partition coefficient (Wildman–Crippen LogP) is 2.00. The summed E-state index contributed by atoms with van der Waals surface area (Å²) in [6.07, 6.45) is 1.03. The van der Waals surface area contributed by atoms with Crippen molar-refractivity contribution < 1.29 is 14.6 Å². The summed E-state index contributed by atoms with van der Waals surface area (Å²) in [5.74, 6) is 0.796. The lowest BCUT2D eigenvalue weighted by atomic mass is 10.2. The minimum absolute atomic E-state index is 0. The Hall–Kier alpha value is -0.810. The zero-order chi connectivity index (χ0) is 13.1. The van der Waals surface area contributed by atoms with Crippen molar-refractivity contribution in [2.45, 2.75) is 19.9 Å². The van der Waals surface area contributed by atoms with Crippen molar-refractivity contribution in [3.63, 3.8) is 0 Å². The van der Waals surface area contributed by atoms with Crippen LogP contribution in [0.15, 0.2) is 24.3 Å². The highest BCUT2D eigenvalue weighted by atomic mass is 35.5. The lowest BCUT2D eigenvalue weighted by Gasteiger charge is -2.07. The summed E-state index contributed by atoms with van der Waals surface area (Å²) < 4.78 is 10.6. The molecule has 2 N–H and O–H groups in total. The molecule has 1 aromatic carbocycles. The lowest BCUT2D eigenvalue weighted by Crippen LogP contribution is -2.16. The molecule has 4 nitrogen and oxygen atoms in total. The van der Waals surface area contributed by atoms with E-state index in [9.17, 15) is 0 Å². The van der Waals surface area contributed by atoms with E-state index in [-0.39, 0.29) is 19.0 Å². The van der Waals surface area contributed by atoms with Crippen molar-refractivity contribution >= 4 is 12.4 Å². The monoisotopic (exact) mass is 289 g/mol. The molecule has 0 heterocycles. The van der Waals surface area contributed by atoms with Gasteiger partial charge in [-0.25, -0.2) is 0 Å². The zero-order valence-electron chi connectivity index (χ0n) is 11.4. The van der Waals surface area contributed by atoms with Gasteiger partial charge in [0.05, 0.1) is 6.61 Å². The largest absolute Gasteiger partial charge is 0.491 e. The number of benzene rings is 1. The minimum Gasteiger partial charge on any atom is -0.491 e. The fourth-order valence-corrected chi connectivity index (χ4v) is 1.54. The first-order chi connectivity index (χ1) is 8.86. The van der Waals surface area contributed by atoms with Crippen molar-refractivity contribution in [3.8, 4) is 5.75 Å². The van der Waals surface area contributed by atoms with Gasteiger partial charge >= 0.3 is 0 Å². The Bertz CT molecular complexity index is 306. The van der Waals surface area contributed by atoms with Gasteiger partial charge in [0.1, 0.15) is 12.4 Å². The summed E-state index contributed by atoms with van der Waals surface area (Å²) in [5.41, 5.74) is 1.22. The van der Waals surface area contributed by atoms with Crippen LogP contribution >= 0.6 is 12.4 Å². The van der Waals surface area contributed by atoms with Crippen molar-refractivity contribution in [1.82, 2.24) is 5.32 Å². The first-order valence-electron chi connectivity index (χ1n) is 6.48. The number of hydrogen-bond donors (Lipinski definition) is 2. The third kappa shape index (κ3) is 8.83. The molecule has 0 aliphatic rings. The molecule has 0 amide bonds. The number of hydrogen-bond acceptors (Lipinski definition) is 4. The molecular weight excluding hydrogens is 266 g/mol. The van der Waals surface area contributed by atoms with Crippen molar-refractivity contribution in [2.24, 2.45) is 0 Å². The number of aliphatic hydroxyl groups excluding tert-OH is 1. The van der Waals surface area contributed by atoms with E-state index in [0.717, 1.165) is 38.5 Å². The van der Waals surface area contributed by atoms with Gasteiger partial charge in [0.2, 0.25) is 0 Å². The molecule has 0 atom stereocenters. The molecule has 1 aromatic rings. The fourth-order valence-electron chi connectivity index (χ4n) is 1.54. The Morgan fingerprint density at radius 2 is 1.89 bits per heavy atom. The van der Waals surface area contributed by atoms with Crippen LogP contribution in [0.4, 0.5) is 0 Å². The maximum atomic E-state index is 8.64. The summed E-state index contributed by atoms with van der Waals surface area (Å²) in [5, 5.41) is 12.0. The number of aliphatic hydroxyl groups is 1. The average molecular weight is 290 g/mol. The van der Waals surface area contributed by atoms with Crippen molar-refractivity contribution in [2.75, 3.05) is 33.0 Å². The van der Waals surface area contributed by atoms with Gasteiger partial charge in [-0.05, 0) is 37.6 Å². The topological polar surface area (TPSA) is 50.7 Å². The maximum Gasteiger partial charge on any atom is 0.119 e. The summed E-state index contributed by atoms with van der Waals surface area (Å²) in [4.78, 5) is 0. The SMILES string of the molecule is CCOCCCNCc1ccc(OCCO)cc1.Cl. The predicted molar refractivity (Wildman–Crippen MR) is 79.1 cm³/mol. The molecule has 0 aromatic heterocycles. The van der Waals surface area contributed by atoms with E-state index in [2.05, 4.69) is 5.32 Å². The molecule has 0 spiro atoms. The highest BCUT2D eigenvalue weighted by Crippen LogP contribution is 2.11. The normalized spacial score (nSPS) is 10.0. The summed E-state index contributed by atoms with van der Waals surface area (Å²) >= 11 is 0. The Morgan fingerprint density at radius 1 is 1.16 bits per heavy atom. The van der Waals surface area contributed by atoms with Gasteiger partial charge in [-0.15, -0.1) is 12.4 Å². The molecular formula is C14H24ClNO3. The third-order valence-corrected chi connectivity index (χ3v) is 2.46. The van der Waals surface area contributed by atoms with Gasteiger partial charge in [0, 0.05) is 19.8 Å². The van der Waals surface area contributed by atoms with Crippen LogP contribution in [0.2, 0.25) is 0 Å². The number of ether oxygens (including phenoxy) is 2. The highest BCUT2D eigenvalue weighted by molar-refractivity contribution is 5.85. The Kier molecular flexibility index (Phi) is 11.7. The first-order valence-corrected chi connectivity index (χ1v) is 6.48. The van der Waals surface area contributed by atoms with E-state index >= 15 is 0 Å². The molecule has 0 fully saturated rings. The zero-order valence-corrected chi connectivity index (χ0v) is 12.2. The number of halogens is 1. The lowest BCUT2D eigenvalue weighted by molar-refractivity contribution is 0.144. The molecule has 19 heavy (non-hydrogen) atoms. The van der Waals surface area contributed by atoms with Gasteiger partial charge in [0.15, 0.2) is 0 Å². The average Bonchev–Trinajstić information content (AvgIpc) is 2.42. The Morgan fingerprint density at radius 3 is 2.53 bits per heavy atom. The van der Waals surface area contributed by atoms with Crippen LogP contribution < -0.4 is 10.1 Å². The van der Waals surface area contributed by atoms with Gasteiger partial charge in [0.25, 0.3) is 0 Å². The first kappa shape index (κ1) is 18.2. The van der Waals surface area contributed by atoms with E-state index in [1.807, 2.05) is 31.2 Å². The smallest absolute Gasteiger partial charge is 0.119 e. The van der Waals surface area contributed by atoms with Gasteiger partial charge < -0.3 is 19.9 Å². The van der Waals surface area contributed by atoms with Crippen LogP contribution in [-0.2, 0) is 11.3 Å². The highest BCUT2D eigenvalue weighted by Gasteiger charge is 1.95. The molecule has 0 bridgehead atoms. The van der Waals surface area contributed by atoms with Crippen LogP contribution in [0, 0.1) is 0 Å². The fraction of sp³-hybridized carbons (Fsp3) is 0.571. The van der Waals surface area contributed by atoms with E-state index in [1.54, 1.807) is 0 Å². The van der Waals surface area contributed by atoms with Crippen molar-refractivity contribution in [1.29, 1.82) is 0 Å². The number of rotatable bonds is 10. The molecule has 0 radical (unpaired) electrons. The maximum absolute atomic E-state index is 8.64. The van der Waals surface area contributed by atoms with Crippen LogP contribution in [-0.4, -0.2) is 38.1 Å². The number of nitrogens with one attached hydrogen (secondary N) is 1. The standard InChI is InChI=1S/C14H23NO3.ClH/c1-2-17-10-3-8-15-12-13-4-6-14(7-5-13)18-11-9-16;/h4-7,15-16H,2-3,8-12H2,1H3;1H. The minimum atomic E-state index is 0. The molecule has 0 aliphatic carbocycles. The molecule has 110 valence electrons. The van der Waals surface area contributed by atoms with Crippen molar-refractivity contribution in [3.05, 3.63) is 29.8 Å². The van der Waals surface area contributed by atoms with Crippen LogP contribution in [0.5, 0.6) is 5.75 Å². The second-order valence-corrected chi connectivity index (χ2v) is 3.94. The second-order valence-electron chi connectivity index (χ2n) is 3.94. The van der Waals surface area contributed by atoms with Crippen LogP contribution in [0.25, 0.3) is 0 Å². The van der Waals surface area contributed by atoms with Gasteiger partial charge in [-0.2, -0.15) is 0 Å². The van der Waals surface area contributed by atoms with Crippen LogP contribution in [0.1, 0.15) is 18.9 Å². The van der Waals surface area contributed by atoms with E-state index in [1.165, 1.54) is 5.56 Å². The summed E-state index contributed by atoms with van der Waals surface area (Å²) in [7, 11) is 0. The molecule has 0 saturated carbocycles. The summed E-state index contributed by atoms with van der Waals surface area (Å²) in [6, 6.07) is 7.91. The molecule has 0 unspecified atom stereocenters. The molecule has 5 heteroatoms. The van der Waals surface area contributed by atoms with E-state index in [4.69, 9.17) is 14.6 Å². The van der Waals surface area contributed by atoms with E-state index < -0.39 is 0 Å². The Balaban J connectivity index is 0.00000324. The van der Waals surface area contributed by atoms with Gasteiger partial charge in [-0.3, -0.25) is 0 Å². The van der Waals surface area contributed by atoms with Crippen LogP contribution in [0.3, 0.4) is 0 Å². The molecule has 0 saturated heterocycles. The molecule has 1 rings (SSSR count). The summed E-state index contributed by atoms with van der Waals surface area (Å²) in [6.45, 7) is 5.81. The third-order valence-electron chi connectivity index (χ3n) is 2.46. The quantitative estimate of drug-likeness (QED) is 0.647. The second kappa shape index (κ2) is 12.2. The Labute approximate surface area is 121 Å².